The van der Waals surface area contributed by atoms with E-state index in [0.29, 0.717) is 37.2 Å². The van der Waals surface area contributed by atoms with Gasteiger partial charge in [0, 0.05) is 25.1 Å². The summed E-state index contributed by atoms with van der Waals surface area (Å²) in [6, 6.07) is 14.9. The van der Waals surface area contributed by atoms with Crippen molar-refractivity contribution in [2.24, 2.45) is 5.92 Å². The van der Waals surface area contributed by atoms with Crippen molar-refractivity contribution < 1.29 is 19.1 Å². The average molecular weight is 406 g/mol. The van der Waals surface area contributed by atoms with Gasteiger partial charge in [0.15, 0.2) is 0 Å². The van der Waals surface area contributed by atoms with Crippen LogP contribution in [0.1, 0.15) is 34.3 Å². The molecule has 1 fully saturated rings. The van der Waals surface area contributed by atoms with E-state index >= 15 is 0 Å². The highest BCUT2D eigenvalue weighted by molar-refractivity contribution is 6.02. The summed E-state index contributed by atoms with van der Waals surface area (Å²) in [6.07, 6.45) is 4.53. The minimum Gasteiger partial charge on any atom is -0.465 e. The highest BCUT2D eigenvalue weighted by atomic mass is 16.5. The van der Waals surface area contributed by atoms with Crippen molar-refractivity contribution in [2.45, 2.75) is 19.8 Å². The molecule has 1 aliphatic rings. The zero-order chi connectivity index (χ0) is 21.5. The third-order valence-electron chi connectivity index (χ3n) is 5.32. The number of esters is 1. The number of piperidine rings is 1. The molecule has 3 rings (SSSR count). The molecule has 2 amide bonds. The molecule has 0 aromatic heterocycles. The number of ether oxygens (including phenoxy) is 1. The van der Waals surface area contributed by atoms with E-state index in [2.05, 4.69) is 5.32 Å². The van der Waals surface area contributed by atoms with Gasteiger partial charge in [-0.1, -0.05) is 42.5 Å². The van der Waals surface area contributed by atoms with Gasteiger partial charge in [0.25, 0.3) is 0 Å². The number of aryl methyl sites for hydroxylation is 1. The quantitative estimate of drug-likeness (QED) is 0.607. The number of carbonyl (C=O) groups is 3. The van der Waals surface area contributed by atoms with Crippen molar-refractivity contribution in [1.29, 1.82) is 0 Å². The first-order valence-corrected chi connectivity index (χ1v) is 10.0. The van der Waals surface area contributed by atoms with Crippen LogP contribution in [0, 0.1) is 12.8 Å². The number of methoxy groups -OCH3 is 1. The van der Waals surface area contributed by atoms with E-state index in [0.717, 1.165) is 11.1 Å². The van der Waals surface area contributed by atoms with Crippen molar-refractivity contribution in [3.63, 3.8) is 0 Å². The van der Waals surface area contributed by atoms with Gasteiger partial charge >= 0.3 is 5.97 Å². The number of nitrogens with zero attached hydrogens (tertiary/aromatic N) is 1. The van der Waals surface area contributed by atoms with Crippen LogP contribution in [0.3, 0.4) is 0 Å². The van der Waals surface area contributed by atoms with Gasteiger partial charge in [-0.3, -0.25) is 9.59 Å². The number of anilines is 1. The smallest absolute Gasteiger partial charge is 0.339 e. The predicted octanol–water partition coefficient (Wildman–Crippen LogP) is 3.67. The third-order valence-corrected chi connectivity index (χ3v) is 5.32. The van der Waals surface area contributed by atoms with Crippen molar-refractivity contribution in [1.82, 2.24) is 4.90 Å². The second-order valence-corrected chi connectivity index (χ2v) is 7.32. The Morgan fingerprint density at radius 1 is 1.03 bits per heavy atom. The Labute approximate surface area is 176 Å². The van der Waals surface area contributed by atoms with E-state index in [4.69, 9.17) is 4.74 Å². The Bertz CT molecular complexity index is 945. The highest BCUT2D eigenvalue weighted by Crippen LogP contribution is 2.25. The lowest BCUT2D eigenvalue weighted by atomic mass is 9.95. The van der Waals surface area contributed by atoms with Gasteiger partial charge in [0.05, 0.1) is 18.4 Å². The van der Waals surface area contributed by atoms with E-state index in [-0.39, 0.29) is 17.7 Å². The van der Waals surface area contributed by atoms with Crippen LogP contribution in [-0.2, 0) is 14.3 Å². The van der Waals surface area contributed by atoms with Crippen LogP contribution in [0.5, 0.6) is 0 Å². The van der Waals surface area contributed by atoms with Crippen LogP contribution in [0.15, 0.2) is 54.6 Å². The van der Waals surface area contributed by atoms with Gasteiger partial charge in [0.2, 0.25) is 11.8 Å². The lowest BCUT2D eigenvalue weighted by molar-refractivity contribution is -0.130. The molecule has 2 aromatic rings. The summed E-state index contributed by atoms with van der Waals surface area (Å²) in [5, 5.41) is 2.90. The van der Waals surface area contributed by atoms with Gasteiger partial charge < -0.3 is 15.0 Å². The maximum Gasteiger partial charge on any atom is 0.339 e. The summed E-state index contributed by atoms with van der Waals surface area (Å²) in [4.78, 5) is 39.0. The fourth-order valence-corrected chi connectivity index (χ4v) is 3.54. The largest absolute Gasteiger partial charge is 0.465 e. The fourth-order valence-electron chi connectivity index (χ4n) is 3.54. The summed E-state index contributed by atoms with van der Waals surface area (Å²) in [5.74, 6) is -0.886. The number of hydrogen-bond acceptors (Lipinski definition) is 4. The van der Waals surface area contributed by atoms with Crippen LogP contribution in [0.2, 0.25) is 0 Å². The maximum absolute atomic E-state index is 12.8. The monoisotopic (exact) mass is 406 g/mol. The normalized spacial score (nSPS) is 14.5. The summed E-state index contributed by atoms with van der Waals surface area (Å²) in [6.45, 7) is 2.88. The molecule has 1 saturated heterocycles. The number of hydrogen-bond donors (Lipinski definition) is 1. The summed E-state index contributed by atoms with van der Waals surface area (Å²) in [5.41, 5.74) is 2.59. The lowest BCUT2D eigenvalue weighted by Crippen LogP contribution is -2.40. The van der Waals surface area contributed by atoms with E-state index in [1.54, 1.807) is 29.2 Å². The van der Waals surface area contributed by atoms with E-state index in [1.165, 1.54) is 7.11 Å². The summed E-state index contributed by atoms with van der Waals surface area (Å²) >= 11 is 0. The van der Waals surface area contributed by atoms with Crippen LogP contribution in [-0.4, -0.2) is 42.9 Å². The molecule has 1 N–H and O–H groups in total. The molecule has 1 aliphatic heterocycles. The molecule has 6 heteroatoms. The second kappa shape index (κ2) is 9.87. The summed E-state index contributed by atoms with van der Waals surface area (Å²) in [7, 11) is 1.31. The minimum absolute atomic E-state index is 0.0513. The van der Waals surface area contributed by atoms with Crippen molar-refractivity contribution in [3.05, 3.63) is 71.3 Å². The number of nitrogens with one attached hydrogen (secondary N) is 1. The fraction of sp³-hybridized carbons (Fsp3) is 0.292. The molecule has 30 heavy (non-hydrogen) atoms. The Kier molecular flexibility index (Phi) is 7.01. The van der Waals surface area contributed by atoms with Crippen molar-refractivity contribution >= 4 is 29.5 Å². The van der Waals surface area contributed by atoms with Gasteiger partial charge in [-0.05, 0) is 43.0 Å². The topological polar surface area (TPSA) is 75.7 Å². The van der Waals surface area contributed by atoms with Gasteiger partial charge in [0.1, 0.15) is 0 Å². The van der Waals surface area contributed by atoms with E-state index in [9.17, 15) is 14.4 Å². The number of benzene rings is 2. The molecular formula is C24H26N2O4. The molecule has 2 aromatic carbocycles. The molecule has 0 bridgehead atoms. The molecule has 1 heterocycles. The standard InChI is InChI=1S/C24H26N2O4/c1-17-7-6-10-20(24(29)30-2)22(17)25-23(28)19-13-15-26(16-14-19)21(27)12-11-18-8-4-3-5-9-18/h3-12,19H,13-16H2,1-2H3,(H,25,28)/b12-11+. The Morgan fingerprint density at radius 3 is 2.40 bits per heavy atom. The Balaban J connectivity index is 1.58. The van der Waals surface area contributed by atoms with Crippen molar-refractivity contribution in [2.75, 3.05) is 25.5 Å². The van der Waals surface area contributed by atoms with Gasteiger partial charge in [-0.25, -0.2) is 4.79 Å². The molecule has 0 aliphatic carbocycles. The lowest BCUT2D eigenvalue weighted by Gasteiger charge is -2.31. The SMILES string of the molecule is COC(=O)c1cccc(C)c1NC(=O)C1CCN(C(=O)/C=C/c2ccccc2)CC1. The second-order valence-electron chi connectivity index (χ2n) is 7.32. The number of likely N-dealkylation sites (tertiary alicyclic amines) is 1. The molecule has 0 radical (unpaired) electrons. The number of amides is 2. The van der Waals surface area contributed by atoms with Crippen LogP contribution >= 0.6 is 0 Å². The molecule has 6 nitrogen and oxygen atoms in total. The zero-order valence-electron chi connectivity index (χ0n) is 17.3. The first kappa shape index (κ1) is 21.3. The highest BCUT2D eigenvalue weighted by Gasteiger charge is 2.27. The Hall–Kier alpha value is -3.41. The first-order valence-electron chi connectivity index (χ1n) is 10.0. The number of para-hydroxylation sites is 1. The van der Waals surface area contributed by atoms with Gasteiger partial charge in [-0.2, -0.15) is 0 Å². The van der Waals surface area contributed by atoms with E-state index < -0.39 is 5.97 Å². The molecule has 0 unspecified atom stereocenters. The van der Waals surface area contributed by atoms with Crippen molar-refractivity contribution in [3.8, 4) is 0 Å². The van der Waals surface area contributed by atoms with Crippen LogP contribution in [0.25, 0.3) is 6.08 Å². The molecule has 0 atom stereocenters. The zero-order valence-corrected chi connectivity index (χ0v) is 17.3. The molecular weight excluding hydrogens is 380 g/mol. The van der Waals surface area contributed by atoms with Gasteiger partial charge in [-0.15, -0.1) is 0 Å². The molecule has 0 saturated carbocycles. The average Bonchev–Trinajstić information content (AvgIpc) is 2.79. The number of rotatable bonds is 5. The maximum atomic E-state index is 12.8. The number of carbonyl (C=O) groups excluding carboxylic acids is 3. The minimum atomic E-state index is -0.486. The van der Waals surface area contributed by atoms with Crippen LogP contribution < -0.4 is 5.32 Å². The molecule has 156 valence electrons. The summed E-state index contributed by atoms with van der Waals surface area (Å²) < 4.78 is 4.81. The molecule has 0 spiro atoms. The predicted molar refractivity (Wildman–Crippen MR) is 116 cm³/mol. The Morgan fingerprint density at radius 2 is 1.73 bits per heavy atom. The third kappa shape index (κ3) is 5.14. The van der Waals surface area contributed by atoms with E-state index in [1.807, 2.05) is 43.3 Å². The first-order chi connectivity index (χ1) is 14.5. The van der Waals surface area contributed by atoms with Crippen LogP contribution in [0.4, 0.5) is 5.69 Å².